The fourth-order valence-corrected chi connectivity index (χ4v) is 3.76. The number of nitriles is 1. The van der Waals surface area contributed by atoms with Crippen molar-refractivity contribution in [2.75, 3.05) is 5.75 Å². The van der Waals surface area contributed by atoms with Crippen LogP contribution >= 0.6 is 23.1 Å². The molecule has 5 heteroatoms. The van der Waals surface area contributed by atoms with Gasteiger partial charge in [-0.1, -0.05) is 24.3 Å². The third kappa shape index (κ3) is 4.16. The minimum absolute atomic E-state index is 0.0644. The first-order valence-electron chi connectivity index (χ1n) is 6.58. The number of aromatic nitrogens is 1. The molecule has 0 saturated heterocycles. The predicted molar refractivity (Wildman–Crippen MR) is 87.6 cm³/mol. The van der Waals surface area contributed by atoms with Crippen molar-refractivity contribution < 1.29 is 4.79 Å². The van der Waals surface area contributed by atoms with E-state index in [2.05, 4.69) is 30.1 Å². The number of aryl methyl sites for hydroxylation is 2. The number of carbonyl (C=O) groups is 1. The van der Waals surface area contributed by atoms with Crippen LogP contribution in [0.5, 0.6) is 0 Å². The van der Waals surface area contributed by atoms with E-state index in [1.165, 1.54) is 22.5 Å². The molecule has 21 heavy (non-hydrogen) atoms. The number of carbonyl (C=O) groups excluding carboxylic acids is 1. The molecule has 0 radical (unpaired) electrons. The Labute approximate surface area is 133 Å². The van der Waals surface area contributed by atoms with Gasteiger partial charge in [0.1, 0.15) is 5.01 Å². The maximum absolute atomic E-state index is 12.2. The molecule has 0 aliphatic rings. The lowest BCUT2D eigenvalue weighted by Crippen LogP contribution is -2.13. The zero-order valence-electron chi connectivity index (χ0n) is 12.0. The first kappa shape index (κ1) is 15.7. The fourth-order valence-electron chi connectivity index (χ4n) is 1.89. The zero-order valence-corrected chi connectivity index (χ0v) is 13.6. The standard InChI is InChI=1S/C16H16N2OS2/c1-11-5-3-4-6-13(11)9-20-10-15(19)14(7-17)16-18-12(2)8-21-16/h3-6,8,14H,9-10H2,1-2H3/t14-/m0/s1. The van der Waals surface area contributed by atoms with Crippen molar-refractivity contribution in [1.82, 2.24) is 4.98 Å². The van der Waals surface area contributed by atoms with E-state index in [9.17, 15) is 10.1 Å². The zero-order chi connectivity index (χ0) is 15.2. The molecular weight excluding hydrogens is 300 g/mol. The number of Topliss-reactive ketones (excluding diaryl/α,β-unsaturated/α-hetero) is 1. The molecule has 0 bridgehead atoms. The molecule has 2 aromatic rings. The highest BCUT2D eigenvalue weighted by Gasteiger charge is 2.22. The average Bonchev–Trinajstić information content (AvgIpc) is 2.88. The van der Waals surface area contributed by atoms with Gasteiger partial charge in [0, 0.05) is 16.8 Å². The van der Waals surface area contributed by atoms with Crippen molar-refractivity contribution in [2.24, 2.45) is 0 Å². The summed E-state index contributed by atoms with van der Waals surface area (Å²) >= 11 is 2.93. The van der Waals surface area contributed by atoms with E-state index in [1.54, 1.807) is 11.8 Å². The summed E-state index contributed by atoms with van der Waals surface area (Å²) in [4.78, 5) is 16.4. The first-order chi connectivity index (χ1) is 10.1. The molecule has 1 heterocycles. The SMILES string of the molecule is Cc1csc([C@@H](C#N)C(=O)CSCc2ccccc2C)n1. The molecule has 0 spiro atoms. The normalized spacial score (nSPS) is 11.9. The Morgan fingerprint density at radius 1 is 1.43 bits per heavy atom. The Kier molecular flexibility index (Phi) is 5.54. The van der Waals surface area contributed by atoms with Crippen LogP contribution in [0, 0.1) is 25.2 Å². The van der Waals surface area contributed by atoms with Gasteiger partial charge in [0.25, 0.3) is 0 Å². The number of rotatable bonds is 6. The van der Waals surface area contributed by atoms with Crippen LogP contribution in [0.4, 0.5) is 0 Å². The molecule has 2 rings (SSSR count). The molecule has 1 aromatic carbocycles. The van der Waals surface area contributed by atoms with E-state index < -0.39 is 5.92 Å². The van der Waals surface area contributed by atoms with E-state index >= 15 is 0 Å². The van der Waals surface area contributed by atoms with Gasteiger partial charge in [0.2, 0.25) is 0 Å². The number of thiazole rings is 1. The molecule has 108 valence electrons. The van der Waals surface area contributed by atoms with E-state index in [0.717, 1.165) is 11.4 Å². The molecule has 0 saturated carbocycles. The van der Waals surface area contributed by atoms with Gasteiger partial charge in [-0.3, -0.25) is 4.79 Å². The average molecular weight is 316 g/mol. The molecule has 3 nitrogen and oxygen atoms in total. The summed E-state index contributed by atoms with van der Waals surface area (Å²) in [5.41, 5.74) is 3.31. The summed E-state index contributed by atoms with van der Waals surface area (Å²) in [5, 5.41) is 11.7. The Morgan fingerprint density at radius 2 is 2.19 bits per heavy atom. The molecule has 0 amide bonds. The van der Waals surface area contributed by atoms with E-state index in [1.807, 2.05) is 24.4 Å². The summed E-state index contributed by atoms with van der Waals surface area (Å²) < 4.78 is 0. The molecule has 1 atom stereocenters. The monoisotopic (exact) mass is 316 g/mol. The van der Waals surface area contributed by atoms with Crippen LogP contribution in [0.2, 0.25) is 0 Å². The third-order valence-electron chi connectivity index (χ3n) is 3.10. The second-order valence-electron chi connectivity index (χ2n) is 4.77. The van der Waals surface area contributed by atoms with E-state index in [0.29, 0.717) is 10.8 Å². The summed E-state index contributed by atoms with van der Waals surface area (Å²) in [6.45, 7) is 3.93. The highest BCUT2D eigenvalue weighted by Crippen LogP contribution is 2.23. The quantitative estimate of drug-likeness (QED) is 0.812. The lowest BCUT2D eigenvalue weighted by molar-refractivity contribution is -0.116. The number of hydrogen-bond acceptors (Lipinski definition) is 5. The summed E-state index contributed by atoms with van der Waals surface area (Å²) in [6, 6.07) is 10.2. The largest absolute Gasteiger partial charge is 0.297 e. The van der Waals surface area contributed by atoms with Crippen molar-refractivity contribution in [1.29, 1.82) is 5.26 Å². The van der Waals surface area contributed by atoms with Gasteiger partial charge in [0.05, 0.1) is 11.8 Å². The van der Waals surface area contributed by atoms with Crippen LogP contribution in [-0.4, -0.2) is 16.5 Å². The van der Waals surface area contributed by atoms with Gasteiger partial charge in [-0.25, -0.2) is 4.98 Å². The maximum atomic E-state index is 12.2. The highest BCUT2D eigenvalue weighted by atomic mass is 32.2. The number of ketones is 1. The minimum Gasteiger partial charge on any atom is -0.297 e. The Hall–Kier alpha value is -1.64. The number of nitrogens with zero attached hydrogens (tertiary/aromatic N) is 2. The van der Waals surface area contributed by atoms with Crippen LogP contribution in [0.3, 0.4) is 0 Å². The molecular formula is C16H16N2OS2. The second-order valence-corrected chi connectivity index (χ2v) is 6.65. The molecule has 0 N–H and O–H groups in total. The van der Waals surface area contributed by atoms with Gasteiger partial charge in [-0.05, 0) is 25.0 Å². The van der Waals surface area contributed by atoms with Crippen molar-refractivity contribution in [3.63, 3.8) is 0 Å². The molecule has 0 aliphatic heterocycles. The lowest BCUT2D eigenvalue weighted by Gasteiger charge is -2.07. The topological polar surface area (TPSA) is 53.8 Å². The van der Waals surface area contributed by atoms with Gasteiger partial charge in [-0.15, -0.1) is 23.1 Å². The predicted octanol–water partition coefficient (Wildman–Crippen LogP) is 3.87. The van der Waals surface area contributed by atoms with Gasteiger partial charge in [0.15, 0.2) is 11.7 Å². The van der Waals surface area contributed by atoms with Crippen molar-refractivity contribution in [3.05, 3.63) is 51.5 Å². The Morgan fingerprint density at radius 3 is 2.81 bits per heavy atom. The molecule has 1 aromatic heterocycles. The summed E-state index contributed by atoms with van der Waals surface area (Å²) in [6.07, 6.45) is 0. The van der Waals surface area contributed by atoms with Crippen LogP contribution in [-0.2, 0) is 10.5 Å². The van der Waals surface area contributed by atoms with Crippen LogP contribution in [0.15, 0.2) is 29.6 Å². The van der Waals surface area contributed by atoms with Crippen molar-refractivity contribution in [3.8, 4) is 6.07 Å². The Balaban J connectivity index is 1.92. The van der Waals surface area contributed by atoms with E-state index in [4.69, 9.17) is 0 Å². The molecule has 0 aliphatic carbocycles. The Bertz CT molecular complexity index is 673. The van der Waals surface area contributed by atoms with Crippen molar-refractivity contribution >= 4 is 28.9 Å². The smallest absolute Gasteiger partial charge is 0.166 e. The first-order valence-corrected chi connectivity index (χ1v) is 8.62. The molecule has 0 unspecified atom stereocenters. The maximum Gasteiger partial charge on any atom is 0.166 e. The lowest BCUT2D eigenvalue weighted by atomic mass is 10.1. The number of benzene rings is 1. The van der Waals surface area contributed by atoms with Crippen LogP contribution < -0.4 is 0 Å². The highest BCUT2D eigenvalue weighted by molar-refractivity contribution is 7.99. The number of hydrogen-bond donors (Lipinski definition) is 0. The molecule has 0 fully saturated rings. The summed E-state index contributed by atoms with van der Waals surface area (Å²) in [5.74, 6) is 0.331. The van der Waals surface area contributed by atoms with Crippen LogP contribution in [0.25, 0.3) is 0 Å². The fraction of sp³-hybridized carbons (Fsp3) is 0.312. The van der Waals surface area contributed by atoms with Crippen LogP contribution in [0.1, 0.15) is 27.7 Å². The van der Waals surface area contributed by atoms with Crippen molar-refractivity contribution in [2.45, 2.75) is 25.5 Å². The van der Waals surface area contributed by atoms with Gasteiger partial charge >= 0.3 is 0 Å². The third-order valence-corrected chi connectivity index (χ3v) is 5.13. The van der Waals surface area contributed by atoms with E-state index in [-0.39, 0.29) is 5.78 Å². The number of thioether (sulfide) groups is 1. The summed E-state index contributed by atoms with van der Waals surface area (Å²) in [7, 11) is 0. The van der Waals surface area contributed by atoms with Gasteiger partial charge in [-0.2, -0.15) is 5.26 Å². The second kappa shape index (κ2) is 7.39. The van der Waals surface area contributed by atoms with Gasteiger partial charge < -0.3 is 0 Å². The minimum atomic E-state index is -0.729.